The van der Waals surface area contributed by atoms with E-state index in [0.717, 1.165) is 39.0 Å². The number of nitrogens with zero attached hydrogens (tertiary/aromatic N) is 4. The van der Waals surface area contributed by atoms with Crippen molar-refractivity contribution in [3.63, 3.8) is 0 Å². The molecule has 29 heavy (non-hydrogen) atoms. The van der Waals surface area contributed by atoms with E-state index in [2.05, 4.69) is 10.2 Å². The molecule has 2 heterocycles. The number of carbonyl (C=O) groups is 2. The van der Waals surface area contributed by atoms with Crippen LogP contribution < -0.4 is 5.32 Å². The Morgan fingerprint density at radius 2 is 1.83 bits per heavy atom. The van der Waals surface area contributed by atoms with E-state index in [4.69, 9.17) is 11.6 Å². The number of benzene rings is 1. The summed E-state index contributed by atoms with van der Waals surface area (Å²) in [6.07, 6.45) is 2.17. The number of likely N-dealkylation sites (tertiary alicyclic amines) is 1. The molecule has 9 nitrogen and oxygen atoms in total. The number of nitro groups is 1. The van der Waals surface area contributed by atoms with E-state index in [-0.39, 0.29) is 28.2 Å². The first-order chi connectivity index (χ1) is 13.8. The average molecular weight is 424 g/mol. The minimum atomic E-state index is -0.530. The summed E-state index contributed by atoms with van der Waals surface area (Å²) in [4.78, 5) is 41.4. The van der Waals surface area contributed by atoms with Gasteiger partial charge in [-0.15, -0.1) is 0 Å². The molecule has 2 amide bonds. The third-order valence-electron chi connectivity index (χ3n) is 5.57. The minimum absolute atomic E-state index is 0.131. The molecular formula is C19H26ClN5O4. The number of hydrogen-bond donors (Lipinski definition) is 1. The van der Waals surface area contributed by atoms with Crippen molar-refractivity contribution < 1.29 is 14.5 Å². The minimum Gasteiger partial charge on any atom is -0.342 e. The molecule has 1 atom stereocenters. The molecule has 2 aliphatic heterocycles. The lowest BCUT2D eigenvalue weighted by molar-refractivity contribution is -0.384. The van der Waals surface area contributed by atoms with Crippen molar-refractivity contribution >= 4 is 34.8 Å². The van der Waals surface area contributed by atoms with Crippen LogP contribution in [0.5, 0.6) is 0 Å². The maximum absolute atomic E-state index is 12.6. The number of nitrogens with one attached hydrogen (secondary N) is 1. The fraction of sp³-hybridized carbons (Fsp3) is 0.579. The van der Waals surface area contributed by atoms with E-state index < -0.39 is 11.0 Å². The Bertz CT molecular complexity index is 776. The monoisotopic (exact) mass is 423 g/mol. The molecule has 0 spiro atoms. The van der Waals surface area contributed by atoms with Gasteiger partial charge in [0.25, 0.3) is 5.69 Å². The quantitative estimate of drug-likeness (QED) is 0.553. The number of rotatable bonds is 6. The third kappa shape index (κ3) is 5.43. The van der Waals surface area contributed by atoms with E-state index >= 15 is 0 Å². The second-order valence-electron chi connectivity index (χ2n) is 7.49. The van der Waals surface area contributed by atoms with Crippen LogP contribution in [0.1, 0.15) is 19.8 Å². The van der Waals surface area contributed by atoms with Gasteiger partial charge in [-0.3, -0.25) is 29.5 Å². The summed E-state index contributed by atoms with van der Waals surface area (Å²) in [5.41, 5.74) is 0.0983. The number of non-ortho nitro benzene ring substituents is 1. The first-order valence-corrected chi connectivity index (χ1v) is 10.2. The zero-order chi connectivity index (χ0) is 21.0. The first kappa shape index (κ1) is 21.5. The standard InChI is InChI=1S/C19H26ClN5O4/c1-14(19(27)21-17-12-15(25(28)29)4-5-16(17)20)23-10-8-22(9-11-23)13-18(26)24-6-2-3-7-24/h4-5,12,14H,2-3,6-11,13H2,1H3,(H,21,27). The predicted molar refractivity (Wildman–Crippen MR) is 110 cm³/mol. The number of carbonyl (C=O) groups excluding carboxylic acids is 2. The van der Waals surface area contributed by atoms with Crippen molar-refractivity contribution in [3.8, 4) is 0 Å². The zero-order valence-electron chi connectivity index (χ0n) is 16.5. The summed E-state index contributed by atoms with van der Waals surface area (Å²) in [6, 6.07) is 3.54. The average Bonchev–Trinajstić information content (AvgIpc) is 3.24. The first-order valence-electron chi connectivity index (χ1n) is 9.84. The molecule has 10 heteroatoms. The molecule has 0 aromatic heterocycles. The number of piperazine rings is 1. The largest absolute Gasteiger partial charge is 0.342 e. The highest BCUT2D eigenvalue weighted by molar-refractivity contribution is 6.33. The van der Waals surface area contributed by atoms with Gasteiger partial charge in [-0.25, -0.2) is 0 Å². The van der Waals surface area contributed by atoms with Gasteiger partial charge in [0, 0.05) is 51.4 Å². The summed E-state index contributed by atoms with van der Waals surface area (Å²) in [5.74, 6) is -0.0870. The number of halogens is 1. The lowest BCUT2D eigenvalue weighted by atomic mass is 10.2. The van der Waals surface area contributed by atoms with Gasteiger partial charge in [-0.05, 0) is 25.8 Å². The van der Waals surface area contributed by atoms with Crippen LogP contribution in [0.3, 0.4) is 0 Å². The van der Waals surface area contributed by atoms with E-state index in [0.29, 0.717) is 19.6 Å². The SMILES string of the molecule is CC(C(=O)Nc1cc([N+](=O)[O-])ccc1Cl)N1CCN(CC(=O)N2CCCC2)CC1. The van der Waals surface area contributed by atoms with Gasteiger partial charge < -0.3 is 10.2 Å². The number of amides is 2. The lowest BCUT2D eigenvalue weighted by Crippen LogP contribution is -2.54. The van der Waals surface area contributed by atoms with Gasteiger partial charge in [-0.2, -0.15) is 0 Å². The van der Waals surface area contributed by atoms with Gasteiger partial charge in [0.2, 0.25) is 11.8 Å². The van der Waals surface area contributed by atoms with Crippen LogP contribution >= 0.6 is 11.6 Å². The summed E-state index contributed by atoms with van der Waals surface area (Å²) in [5, 5.41) is 13.9. The van der Waals surface area contributed by atoms with Crippen LogP contribution in [0.2, 0.25) is 5.02 Å². The topological polar surface area (TPSA) is 99.0 Å². The molecule has 0 radical (unpaired) electrons. The Morgan fingerprint density at radius 3 is 2.45 bits per heavy atom. The van der Waals surface area contributed by atoms with Crippen molar-refractivity contribution in [1.82, 2.24) is 14.7 Å². The van der Waals surface area contributed by atoms with Gasteiger partial charge in [-0.1, -0.05) is 11.6 Å². The smallest absolute Gasteiger partial charge is 0.271 e. The Labute approximate surface area is 174 Å². The van der Waals surface area contributed by atoms with E-state index in [1.54, 1.807) is 6.92 Å². The zero-order valence-corrected chi connectivity index (χ0v) is 17.2. The molecule has 1 aromatic carbocycles. The third-order valence-corrected chi connectivity index (χ3v) is 5.90. The van der Waals surface area contributed by atoms with Crippen molar-refractivity contribution in [2.75, 3.05) is 51.1 Å². The van der Waals surface area contributed by atoms with Crippen LogP contribution in [-0.2, 0) is 9.59 Å². The molecule has 1 N–H and O–H groups in total. The number of anilines is 1. The molecule has 2 saturated heterocycles. The predicted octanol–water partition coefficient (Wildman–Crippen LogP) is 1.82. The Morgan fingerprint density at radius 1 is 1.17 bits per heavy atom. The van der Waals surface area contributed by atoms with Crippen molar-refractivity contribution in [2.45, 2.75) is 25.8 Å². The summed E-state index contributed by atoms with van der Waals surface area (Å²) < 4.78 is 0. The highest BCUT2D eigenvalue weighted by Crippen LogP contribution is 2.27. The maximum Gasteiger partial charge on any atom is 0.271 e. The second kappa shape index (κ2) is 9.51. The molecule has 2 aliphatic rings. The summed E-state index contributed by atoms with van der Waals surface area (Å²) >= 11 is 6.06. The fourth-order valence-electron chi connectivity index (χ4n) is 3.69. The van der Waals surface area contributed by atoms with Gasteiger partial charge >= 0.3 is 0 Å². The molecule has 3 rings (SSSR count). The molecular weight excluding hydrogens is 398 g/mol. The van der Waals surface area contributed by atoms with Crippen LogP contribution in [0.4, 0.5) is 11.4 Å². The number of hydrogen-bond acceptors (Lipinski definition) is 6. The van der Waals surface area contributed by atoms with E-state index in [1.807, 2.05) is 9.80 Å². The Kier molecular flexibility index (Phi) is 7.05. The van der Waals surface area contributed by atoms with E-state index in [1.165, 1.54) is 18.2 Å². The molecule has 1 aromatic rings. The van der Waals surface area contributed by atoms with Crippen molar-refractivity contribution in [2.24, 2.45) is 0 Å². The lowest BCUT2D eigenvalue weighted by Gasteiger charge is -2.37. The van der Waals surface area contributed by atoms with Crippen molar-refractivity contribution in [3.05, 3.63) is 33.3 Å². The summed E-state index contributed by atoms with van der Waals surface area (Å²) in [7, 11) is 0. The fourth-order valence-corrected chi connectivity index (χ4v) is 3.86. The molecule has 2 fully saturated rings. The molecule has 1 unspecified atom stereocenters. The number of nitro benzene ring substituents is 1. The Balaban J connectivity index is 1.50. The van der Waals surface area contributed by atoms with Crippen LogP contribution in [0.25, 0.3) is 0 Å². The molecule has 0 saturated carbocycles. The Hall–Kier alpha value is -2.23. The molecule has 158 valence electrons. The highest BCUT2D eigenvalue weighted by Gasteiger charge is 2.28. The van der Waals surface area contributed by atoms with Crippen LogP contribution in [0.15, 0.2) is 18.2 Å². The molecule has 0 aliphatic carbocycles. The van der Waals surface area contributed by atoms with Gasteiger partial charge in [0.05, 0.1) is 28.2 Å². The second-order valence-corrected chi connectivity index (χ2v) is 7.89. The normalized spacial score (nSPS) is 19.2. The van der Waals surface area contributed by atoms with Gasteiger partial charge in [0.15, 0.2) is 0 Å². The van der Waals surface area contributed by atoms with Gasteiger partial charge in [0.1, 0.15) is 0 Å². The van der Waals surface area contributed by atoms with Crippen LogP contribution in [-0.4, -0.2) is 83.3 Å². The molecule has 0 bridgehead atoms. The summed E-state index contributed by atoms with van der Waals surface area (Å²) in [6.45, 7) is 6.72. The highest BCUT2D eigenvalue weighted by atomic mass is 35.5. The van der Waals surface area contributed by atoms with E-state index in [9.17, 15) is 19.7 Å². The maximum atomic E-state index is 12.6. The van der Waals surface area contributed by atoms with Crippen LogP contribution in [0, 0.1) is 10.1 Å². The van der Waals surface area contributed by atoms with Crippen molar-refractivity contribution in [1.29, 1.82) is 0 Å².